The van der Waals surface area contributed by atoms with E-state index in [1.165, 1.54) is 5.56 Å². The Morgan fingerprint density at radius 3 is 2.43 bits per heavy atom. The number of aromatic nitrogens is 2. The van der Waals surface area contributed by atoms with Crippen molar-refractivity contribution in [3.05, 3.63) is 65.5 Å². The minimum Gasteiger partial charge on any atom is -0.496 e. The normalized spacial score (nSPS) is 12.5. The summed E-state index contributed by atoms with van der Waals surface area (Å²) in [6, 6.07) is 14.6. The molecule has 1 aromatic heterocycles. The van der Waals surface area contributed by atoms with Gasteiger partial charge in [0.05, 0.1) is 12.7 Å². The molecule has 0 radical (unpaired) electrons. The highest BCUT2D eigenvalue weighted by molar-refractivity contribution is 5.94. The molecular formula is C22H25N3O3. The van der Waals surface area contributed by atoms with Gasteiger partial charge in [-0.1, -0.05) is 50.2 Å². The molecule has 0 bridgehead atoms. The van der Waals surface area contributed by atoms with E-state index in [0.717, 1.165) is 5.56 Å². The quantitative estimate of drug-likeness (QED) is 0.704. The van der Waals surface area contributed by atoms with E-state index in [4.69, 9.17) is 9.26 Å². The molecule has 0 saturated heterocycles. The third-order valence-electron chi connectivity index (χ3n) is 4.52. The molecule has 0 aliphatic carbocycles. The number of benzene rings is 2. The van der Waals surface area contributed by atoms with Crippen molar-refractivity contribution in [1.29, 1.82) is 0 Å². The van der Waals surface area contributed by atoms with Gasteiger partial charge in [-0.2, -0.15) is 4.98 Å². The van der Waals surface area contributed by atoms with E-state index in [-0.39, 0.29) is 11.3 Å². The molecule has 0 saturated carbocycles. The fourth-order valence-corrected chi connectivity index (χ4v) is 2.81. The van der Waals surface area contributed by atoms with Crippen LogP contribution in [-0.4, -0.2) is 23.2 Å². The van der Waals surface area contributed by atoms with Gasteiger partial charge in [-0.3, -0.25) is 4.79 Å². The third-order valence-corrected chi connectivity index (χ3v) is 4.52. The smallest absolute Gasteiger partial charge is 0.251 e. The highest BCUT2D eigenvalue weighted by atomic mass is 16.5. The van der Waals surface area contributed by atoms with E-state index in [2.05, 4.69) is 36.2 Å². The molecule has 6 heteroatoms. The Bertz CT molecular complexity index is 956. The predicted molar refractivity (Wildman–Crippen MR) is 107 cm³/mol. The van der Waals surface area contributed by atoms with Crippen molar-refractivity contribution in [2.45, 2.75) is 39.2 Å². The van der Waals surface area contributed by atoms with Gasteiger partial charge in [0.1, 0.15) is 11.8 Å². The van der Waals surface area contributed by atoms with Gasteiger partial charge in [0, 0.05) is 5.56 Å². The van der Waals surface area contributed by atoms with Crippen LogP contribution in [0.1, 0.15) is 55.5 Å². The number of carbonyl (C=O) groups is 1. The van der Waals surface area contributed by atoms with Crippen molar-refractivity contribution in [2.24, 2.45) is 0 Å². The zero-order valence-electron chi connectivity index (χ0n) is 16.8. The minimum atomic E-state index is -0.425. The van der Waals surface area contributed by atoms with Crippen molar-refractivity contribution in [1.82, 2.24) is 15.5 Å². The molecule has 1 unspecified atom stereocenters. The van der Waals surface area contributed by atoms with Crippen molar-refractivity contribution < 1.29 is 14.1 Å². The van der Waals surface area contributed by atoms with Gasteiger partial charge in [-0.05, 0) is 42.2 Å². The maximum atomic E-state index is 12.5. The van der Waals surface area contributed by atoms with Gasteiger partial charge in [0.15, 0.2) is 0 Å². The Kier molecular flexibility index (Phi) is 5.49. The van der Waals surface area contributed by atoms with E-state index in [0.29, 0.717) is 23.0 Å². The molecule has 1 N–H and O–H groups in total. The van der Waals surface area contributed by atoms with Crippen LogP contribution in [0, 0.1) is 0 Å². The zero-order valence-corrected chi connectivity index (χ0v) is 16.8. The molecule has 1 heterocycles. The Morgan fingerprint density at radius 1 is 1.11 bits per heavy atom. The van der Waals surface area contributed by atoms with Gasteiger partial charge in [-0.25, -0.2) is 0 Å². The van der Waals surface area contributed by atoms with Gasteiger partial charge < -0.3 is 14.6 Å². The van der Waals surface area contributed by atoms with Crippen molar-refractivity contribution in [3.8, 4) is 17.1 Å². The molecule has 0 spiro atoms. The third kappa shape index (κ3) is 4.22. The van der Waals surface area contributed by atoms with Crippen molar-refractivity contribution in [3.63, 3.8) is 0 Å². The van der Waals surface area contributed by atoms with Gasteiger partial charge in [-0.15, -0.1) is 0 Å². The van der Waals surface area contributed by atoms with Crippen molar-refractivity contribution in [2.75, 3.05) is 7.11 Å². The van der Waals surface area contributed by atoms with Gasteiger partial charge >= 0.3 is 0 Å². The first-order chi connectivity index (χ1) is 13.3. The summed E-state index contributed by atoms with van der Waals surface area (Å²) >= 11 is 0. The van der Waals surface area contributed by atoms with Crippen LogP contribution in [0.5, 0.6) is 5.75 Å². The second-order valence-electron chi connectivity index (χ2n) is 7.68. The van der Waals surface area contributed by atoms with E-state index >= 15 is 0 Å². The van der Waals surface area contributed by atoms with E-state index < -0.39 is 6.04 Å². The molecule has 0 fully saturated rings. The standard InChI is InChI=1S/C22H25N3O3/c1-14(23-20(26)15-10-12-16(13-11-15)22(2,3)4)21-24-19(25-28-21)17-8-6-7-9-18(17)27-5/h6-14H,1-5H3,(H,23,26). The number of para-hydroxylation sites is 1. The van der Waals surface area contributed by atoms with Crippen LogP contribution in [0.2, 0.25) is 0 Å². The lowest BCUT2D eigenvalue weighted by Crippen LogP contribution is -2.27. The molecule has 2 aromatic carbocycles. The monoisotopic (exact) mass is 379 g/mol. The number of methoxy groups -OCH3 is 1. The van der Waals surface area contributed by atoms with Crippen LogP contribution in [0.4, 0.5) is 0 Å². The summed E-state index contributed by atoms with van der Waals surface area (Å²) in [7, 11) is 1.59. The summed E-state index contributed by atoms with van der Waals surface area (Å²) < 4.78 is 10.7. The Hall–Kier alpha value is -3.15. The average molecular weight is 379 g/mol. The Morgan fingerprint density at radius 2 is 1.79 bits per heavy atom. The molecular weight excluding hydrogens is 354 g/mol. The van der Waals surface area contributed by atoms with E-state index in [1.54, 1.807) is 14.0 Å². The summed E-state index contributed by atoms with van der Waals surface area (Å²) in [6.45, 7) is 8.22. The second-order valence-corrected chi connectivity index (χ2v) is 7.68. The topological polar surface area (TPSA) is 77.3 Å². The second kappa shape index (κ2) is 7.84. The van der Waals surface area contributed by atoms with Crippen LogP contribution >= 0.6 is 0 Å². The van der Waals surface area contributed by atoms with Gasteiger partial charge in [0.2, 0.25) is 11.7 Å². The number of hydrogen-bond donors (Lipinski definition) is 1. The predicted octanol–water partition coefficient (Wildman–Crippen LogP) is 4.53. The number of hydrogen-bond acceptors (Lipinski definition) is 5. The number of nitrogens with one attached hydrogen (secondary N) is 1. The average Bonchev–Trinajstić information content (AvgIpc) is 3.17. The largest absolute Gasteiger partial charge is 0.496 e. The van der Waals surface area contributed by atoms with Crippen LogP contribution in [-0.2, 0) is 5.41 Å². The summed E-state index contributed by atoms with van der Waals surface area (Å²) in [4.78, 5) is 17.0. The fourth-order valence-electron chi connectivity index (χ4n) is 2.81. The van der Waals surface area contributed by atoms with Crippen LogP contribution in [0.15, 0.2) is 53.1 Å². The van der Waals surface area contributed by atoms with Crippen LogP contribution in [0.25, 0.3) is 11.4 Å². The summed E-state index contributed by atoms with van der Waals surface area (Å²) in [6.07, 6.45) is 0. The Balaban J connectivity index is 1.72. The molecule has 3 aromatic rings. The minimum absolute atomic E-state index is 0.0426. The zero-order chi connectivity index (χ0) is 20.3. The summed E-state index contributed by atoms with van der Waals surface area (Å²) in [5.74, 6) is 1.22. The number of amides is 1. The fraction of sp³-hybridized carbons (Fsp3) is 0.318. The molecule has 6 nitrogen and oxygen atoms in total. The first kappa shape index (κ1) is 19.6. The number of rotatable bonds is 5. The lowest BCUT2D eigenvalue weighted by Gasteiger charge is -2.19. The molecule has 28 heavy (non-hydrogen) atoms. The number of ether oxygens (including phenoxy) is 1. The highest BCUT2D eigenvalue weighted by Gasteiger charge is 2.20. The summed E-state index contributed by atoms with van der Waals surface area (Å²) in [5.41, 5.74) is 2.54. The van der Waals surface area contributed by atoms with Crippen LogP contribution < -0.4 is 10.1 Å². The van der Waals surface area contributed by atoms with Gasteiger partial charge in [0.25, 0.3) is 5.91 Å². The van der Waals surface area contributed by atoms with Crippen LogP contribution in [0.3, 0.4) is 0 Å². The highest BCUT2D eigenvalue weighted by Crippen LogP contribution is 2.28. The van der Waals surface area contributed by atoms with Crippen molar-refractivity contribution >= 4 is 5.91 Å². The molecule has 0 aliphatic heterocycles. The molecule has 0 aliphatic rings. The SMILES string of the molecule is COc1ccccc1-c1noc(C(C)NC(=O)c2ccc(C(C)(C)C)cc2)n1. The van der Waals surface area contributed by atoms with E-state index in [1.807, 2.05) is 48.5 Å². The molecule has 1 atom stereocenters. The first-order valence-electron chi connectivity index (χ1n) is 9.18. The number of nitrogens with zero attached hydrogens (tertiary/aromatic N) is 2. The van der Waals surface area contributed by atoms with E-state index in [9.17, 15) is 4.79 Å². The lowest BCUT2D eigenvalue weighted by atomic mass is 9.86. The lowest BCUT2D eigenvalue weighted by molar-refractivity contribution is 0.0932. The number of carbonyl (C=O) groups excluding carboxylic acids is 1. The molecule has 1 amide bonds. The molecule has 3 rings (SSSR count). The maximum absolute atomic E-state index is 12.5. The molecule has 146 valence electrons. The summed E-state index contributed by atoms with van der Waals surface area (Å²) in [5, 5.41) is 6.91. The first-order valence-corrected chi connectivity index (χ1v) is 9.18. The Labute approximate surface area is 164 Å². The maximum Gasteiger partial charge on any atom is 0.251 e.